The number of aromatic nitrogens is 2. The van der Waals surface area contributed by atoms with Gasteiger partial charge in [0.15, 0.2) is 5.69 Å². The third kappa shape index (κ3) is 5.07. The van der Waals surface area contributed by atoms with Crippen molar-refractivity contribution >= 4 is 17.7 Å². The van der Waals surface area contributed by atoms with E-state index in [4.69, 9.17) is 4.74 Å². The molecule has 1 amide bonds. The van der Waals surface area contributed by atoms with Crippen LogP contribution in [-0.4, -0.2) is 57.6 Å². The van der Waals surface area contributed by atoms with E-state index >= 15 is 0 Å². The SMILES string of the molecule is CC(=O)N1CCC(Nc2cc(C(=O)O)nc(OCC(C)C)n2)CC1. The topological polar surface area (TPSA) is 105 Å². The monoisotopic (exact) mass is 336 g/mol. The van der Waals surface area contributed by atoms with Gasteiger partial charge in [-0.25, -0.2) is 4.79 Å². The van der Waals surface area contributed by atoms with Crippen LogP contribution in [0.5, 0.6) is 6.01 Å². The first-order valence-corrected chi connectivity index (χ1v) is 8.12. The van der Waals surface area contributed by atoms with Crippen molar-refractivity contribution in [3.05, 3.63) is 11.8 Å². The summed E-state index contributed by atoms with van der Waals surface area (Å²) in [5, 5.41) is 12.4. The number of carboxylic acid groups (broad SMARTS) is 1. The van der Waals surface area contributed by atoms with E-state index in [1.165, 1.54) is 6.07 Å². The van der Waals surface area contributed by atoms with E-state index in [0.29, 0.717) is 25.5 Å². The number of ether oxygens (including phenoxy) is 1. The first kappa shape index (κ1) is 18.0. The lowest BCUT2D eigenvalue weighted by atomic mass is 10.1. The highest BCUT2D eigenvalue weighted by Gasteiger charge is 2.21. The van der Waals surface area contributed by atoms with Crippen molar-refractivity contribution < 1.29 is 19.4 Å². The second kappa shape index (κ2) is 7.94. The molecule has 132 valence electrons. The van der Waals surface area contributed by atoms with Crippen LogP contribution in [0, 0.1) is 5.92 Å². The number of carbonyl (C=O) groups is 2. The molecule has 0 bridgehead atoms. The van der Waals surface area contributed by atoms with Crippen molar-refractivity contribution in [2.45, 2.75) is 39.7 Å². The summed E-state index contributed by atoms with van der Waals surface area (Å²) in [5.41, 5.74) is -0.104. The summed E-state index contributed by atoms with van der Waals surface area (Å²) in [6, 6.07) is 1.60. The summed E-state index contributed by atoms with van der Waals surface area (Å²) < 4.78 is 5.46. The molecule has 0 unspecified atom stereocenters. The molecule has 8 heteroatoms. The second-order valence-corrected chi connectivity index (χ2v) is 6.36. The Kier molecular flexibility index (Phi) is 5.94. The number of carboxylic acids is 1. The van der Waals surface area contributed by atoms with Crippen molar-refractivity contribution in [1.29, 1.82) is 0 Å². The molecule has 1 fully saturated rings. The maximum Gasteiger partial charge on any atom is 0.354 e. The zero-order valence-electron chi connectivity index (χ0n) is 14.3. The zero-order chi connectivity index (χ0) is 17.7. The Labute approximate surface area is 141 Å². The van der Waals surface area contributed by atoms with Gasteiger partial charge in [-0.3, -0.25) is 4.79 Å². The summed E-state index contributed by atoms with van der Waals surface area (Å²) in [6.45, 7) is 7.32. The largest absolute Gasteiger partial charge is 0.477 e. The molecular formula is C16H24N4O4. The zero-order valence-corrected chi connectivity index (χ0v) is 14.3. The van der Waals surface area contributed by atoms with Crippen molar-refractivity contribution in [2.75, 3.05) is 25.0 Å². The predicted molar refractivity (Wildman–Crippen MR) is 88.2 cm³/mol. The van der Waals surface area contributed by atoms with Gasteiger partial charge in [0.05, 0.1) is 6.61 Å². The van der Waals surface area contributed by atoms with Crippen LogP contribution in [0.15, 0.2) is 6.07 Å². The van der Waals surface area contributed by atoms with E-state index in [9.17, 15) is 14.7 Å². The summed E-state index contributed by atoms with van der Waals surface area (Å²) >= 11 is 0. The average molecular weight is 336 g/mol. The number of nitrogens with zero attached hydrogens (tertiary/aromatic N) is 3. The van der Waals surface area contributed by atoms with Crippen LogP contribution in [0.3, 0.4) is 0 Å². The molecule has 0 radical (unpaired) electrons. The fraction of sp³-hybridized carbons (Fsp3) is 0.625. The first-order chi connectivity index (χ1) is 11.3. The molecule has 0 atom stereocenters. The molecule has 2 rings (SSSR count). The lowest BCUT2D eigenvalue weighted by Crippen LogP contribution is -2.41. The van der Waals surface area contributed by atoms with Crippen LogP contribution in [0.1, 0.15) is 44.1 Å². The van der Waals surface area contributed by atoms with Crippen molar-refractivity contribution in [1.82, 2.24) is 14.9 Å². The standard InChI is InChI=1S/C16H24N4O4/c1-10(2)9-24-16-18-13(15(22)23)8-14(19-16)17-12-4-6-20(7-5-12)11(3)21/h8,10,12H,4-7,9H2,1-3H3,(H,22,23)(H,17,18,19). The number of amides is 1. The molecule has 1 aromatic heterocycles. The van der Waals surface area contributed by atoms with Gasteiger partial charge in [0, 0.05) is 32.1 Å². The Hall–Kier alpha value is -2.38. The van der Waals surface area contributed by atoms with E-state index in [-0.39, 0.29) is 29.6 Å². The Morgan fingerprint density at radius 2 is 2.04 bits per heavy atom. The summed E-state index contributed by atoms with van der Waals surface area (Å²) in [6.07, 6.45) is 1.57. The number of anilines is 1. The van der Waals surface area contributed by atoms with Crippen molar-refractivity contribution in [3.8, 4) is 6.01 Å². The van der Waals surface area contributed by atoms with Crippen LogP contribution in [0.2, 0.25) is 0 Å². The number of hydrogen-bond donors (Lipinski definition) is 2. The number of likely N-dealkylation sites (tertiary alicyclic amines) is 1. The molecule has 24 heavy (non-hydrogen) atoms. The minimum atomic E-state index is -1.12. The first-order valence-electron chi connectivity index (χ1n) is 8.12. The Balaban J connectivity index is 2.06. The highest BCUT2D eigenvalue weighted by Crippen LogP contribution is 2.18. The van der Waals surface area contributed by atoms with Crippen LogP contribution in [-0.2, 0) is 4.79 Å². The highest BCUT2D eigenvalue weighted by atomic mass is 16.5. The Morgan fingerprint density at radius 3 is 2.58 bits per heavy atom. The smallest absolute Gasteiger partial charge is 0.354 e. The fourth-order valence-corrected chi connectivity index (χ4v) is 2.46. The molecule has 0 aliphatic carbocycles. The fourth-order valence-electron chi connectivity index (χ4n) is 2.46. The number of rotatable bonds is 6. The van der Waals surface area contributed by atoms with E-state index in [1.807, 2.05) is 13.8 Å². The van der Waals surface area contributed by atoms with Gasteiger partial charge in [-0.05, 0) is 18.8 Å². The number of hydrogen-bond acceptors (Lipinski definition) is 6. The summed E-state index contributed by atoms with van der Waals surface area (Å²) in [7, 11) is 0. The normalized spacial score (nSPS) is 15.4. The van der Waals surface area contributed by atoms with Gasteiger partial charge in [0.1, 0.15) is 5.82 Å². The lowest BCUT2D eigenvalue weighted by molar-refractivity contribution is -0.129. The molecule has 0 saturated carbocycles. The van der Waals surface area contributed by atoms with Crippen LogP contribution >= 0.6 is 0 Å². The van der Waals surface area contributed by atoms with Gasteiger partial charge in [-0.2, -0.15) is 9.97 Å². The Bertz CT molecular complexity index is 598. The minimum Gasteiger partial charge on any atom is -0.477 e. The quantitative estimate of drug-likeness (QED) is 0.813. The van der Waals surface area contributed by atoms with E-state index in [2.05, 4.69) is 15.3 Å². The van der Waals surface area contributed by atoms with E-state index < -0.39 is 5.97 Å². The molecule has 1 aliphatic heterocycles. The summed E-state index contributed by atoms with van der Waals surface area (Å²) in [5.74, 6) is -0.328. The van der Waals surface area contributed by atoms with Crippen LogP contribution in [0.25, 0.3) is 0 Å². The van der Waals surface area contributed by atoms with Crippen molar-refractivity contribution in [2.24, 2.45) is 5.92 Å². The number of piperidine rings is 1. The minimum absolute atomic E-state index is 0.0623. The van der Waals surface area contributed by atoms with E-state index in [0.717, 1.165) is 12.8 Å². The molecule has 1 saturated heterocycles. The third-order valence-electron chi connectivity index (χ3n) is 3.76. The van der Waals surface area contributed by atoms with Crippen LogP contribution < -0.4 is 10.1 Å². The average Bonchev–Trinajstić information content (AvgIpc) is 2.53. The van der Waals surface area contributed by atoms with Gasteiger partial charge < -0.3 is 20.1 Å². The predicted octanol–water partition coefficient (Wildman–Crippen LogP) is 1.63. The van der Waals surface area contributed by atoms with Crippen molar-refractivity contribution in [3.63, 3.8) is 0 Å². The molecule has 1 aromatic rings. The molecule has 1 aliphatic rings. The molecule has 0 spiro atoms. The lowest BCUT2D eigenvalue weighted by Gasteiger charge is -2.32. The molecule has 8 nitrogen and oxygen atoms in total. The third-order valence-corrected chi connectivity index (χ3v) is 3.76. The van der Waals surface area contributed by atoms with Crippen LogP contribution in [0.4, 0.5) is 5.82 Å². The van der Waals surface area contributed by atoms with Gasteiger partial charge in [-0.15, -0.1) is 0 Å². The number of aromatic carboxylic acids is 1. The van der Waals surface area contributed by atoms with Gasteiger partial charge in [-0.1, -0.05) is 13.8 Å². The maximum absolute atomic E-state index is 11.4. The highest BCUT2D eigenvalue weighted by molar-refractivity contribution is 5.86. The summed E-state index contributed by atoms with van der Waals surface area (Å²) in [4.78, 5) is 32.6. The Morgan fingerprint density at radius 1 is 1.38 bits per heavy atom. The van der Waals surface area contributed by atoms with Gasteiger partial charge in [0.25, 0.3) is 0 Å². The maximum atomic E-state index is 11.4. The number of nitrogens with one attached hydrogen (secondary N) is 1. The number of carbonyl (C=O) groups excluding carboxylic acids is 1. The second-order valence-electron chi connectivity index (χ2n) is 6.36. The molecule has 0 aromatic carbocycles. The van der Waals surface area contributed by atoms with E-state index in [1.54, 1.807) is 11.8 Å². The molecular weight excluding hydrogens is 312 g/mol. The molecule has 2 heterocycles. The van der Waals surface area contributed by atoms with Gasteiger partial charge >= 0.3 is 12.0 Å². The molecule has 2 N–H and O–H groups in total. The van der Waals surface area contributed by atoms with Gasteiger partial charge in [0.2, 0.25) is 5.91 Å².